The van der Waals surface area contributed by atoms with Gasteiger partial charge in [-0.3, -0.25) is 0 Å². The first-order valence-electron chi connectivity index (χ1n) is 5.07. The van der Waals surface area contributed by atoms with Gasteiger partial charge >= 0.3 is 0 Å². The number of benzene rings is 1. The van der Waals surface area contributed by atoms with Gasteiger partial charge in [-0.1, -0.05) is 0 Å². The highest BCUT2D eigenvalue weighted by molar-refractivity contribution is 7.99. The third kappa shape index (κ3) is 3.26. The molecule has 0 saturated heterocycles. The Morgan fingerprint density at radius 1 is 1.12 bits per heavy atom. The molecule has 0 amide bonds. The molecule has 84 valence electrons. The molecule has 5 heteroatoms. The second-order valence-corrected chi connectivity index (χ2v) is 4.37. The van der Waals surface area contributed by atoms with Gasteiger partial charge in [-0.05, 0) is 24.3 Å². The van der Waals surface area contributed by atoms with E-state index in [0.717, 1.165) is 17.7 Å². The van der Waals surface area contributed by atoms with Crippen LogP contribution in [0.25, 0.3) is 11.4 Å². The van der Waals surface area contributed by atoms with Gasteiger partial charge in [-0.2, -0.15) is 0 Å². The molecule has 4 nitrogen and oxygen atoms in total. The van der Waals surface area contributed by atoms with E-state index in [1.54, 1.807) is 11.8 Å². The van der Waals surface area contributed by atoms with E-state index in [0.29, 0.717) is 5.82 Å². The molecule has 0 spiro atoms. The van der Waals surface area contributed by atoms with Gasteiger partial charge in [0.2, 0.25) is 5.82 Å². The molecule has 0 unspecified atom stereocenters. The van der Waals surface area contributed by atoms with Crippen LogP contribution in [0.2, 0.25) is 0 Å². The topological polar surface area (TPSA) is 51.6 Å². The van der Waals surface area contributed by atoms with Crippen LogP contribution in [0.5, 0.6) is 0 Å². The van der Waals surface area contributed by atoms with Gasteiger partial charge in [0.25, 0.3) is 0 Å². The van der Waals surface area contributed by atoms with Crippen LogP contribution in [0.4, 0.5) is 0 Å². The van der Waals surface area contributed by atoms with Crippen LogP contribution in [0.1, 0.15) is 6.42 Å². The van der Waals surface area contributed by atoms with Gasteiger partial charge in [0.15, 0.2) is 6.33 Å². The number of thioether (sulfide) groups is 1. The Morgan fingerprint density at radius 2 is 1.82 bits per heavy atom. The van der Waals surface area contributed by atoms with Crippen molar-refractivity contribution >= 4 is 11.8 Å². The molecule has 1 heterocycles. The molecule has 1 aromatic heterocycles. The monoisotopic (exact) mass is 242 g/mol. The maximum absolute atomic E-state index is 5.20. The van der Waals surface area contributed by atoms with Gasteiger partial charge in [-0.25, -0.2) is 0 Å². The minimum Gasteiger partial charge on any atom is -0.135 e. The summed E-state index contributed by atoms with van der Waals surface area (Å²) in [6.07, 6.45) is 7.29. The average Bonchev–Trinajstić information content (AvgIpc) is 2.41. The summed E-state index contributed by atoms with van der Waals surface area (Å²) in [5.74, 6) is 4.08. The second kappa shape index (κ2) is 5.97. The van der Waals surface area contributed by atoms with Gasteiger partial charge in [0.05, 0.1) is 0 Å². The third-order valence-electron chi connectivity index (χ3n) is 2.04. The lowest BCUT2D eigenvalue weighted by molar-refractivity contribution is 0.864. The Hall–Kier alpha value is -1.93. The number of terminal acetylenes is 1. The summed E-state index contributed by atoms with van der Waals surface area (Å²) < 4.78 is 0. The Labute approximate surface area is 104 Å². The highest BCUT2D eigenvalue weighted by atomic mass is 32.2. The zero-order valence-electron chi connectivity index (χ0n) is 9.08. The van der Waals surface area contributed by atoms with E-state index >= 15 is 0 Å². The van der Waals surface area contributed by atoms with Crippen LogP contribution in [0, 0.1) is 12.3 Å². The molecule has 2 rings (SSSR count). The minimum absolute atomic E-state index is 0.535. The SMILES string of the molecule is C#CCCSc1ccc(-c2nncnn2)cc1. The van der Waals surface area contributed by atoms with Crippen LogP contribution < -0.4 is 0 Å². The molecular formula is C12H10N4S. The summed E-state index contributed by atoms with van der Waals surface area (Å²) in [6.45, 7) is 0. The molecule has 0 radical (unpaired) electrons. The van der Waals surface area contributed by atoms with Crippen LogP contribution in [0.15, 0.2) is 35.5 Å². The quantitative estimate of drug-likeness (QED) is 0.466. The molecule has 0 aliphatic heterocycles. The molecule has 17 heavy (non-hydrogen) atoms. The Morgan fingerprint density at radius 3 is 2.47 bits per heavy atom. The van der Waals surface area contributed by atoms with Crippen LogP contribution in [-0.4, -0.2) is 26.1 Å². The smallest absolute Gasteiger partial charge is 0.135 e. The lowest BCUT2D eigenvalue weighted by atomic mass is 10.2. The van der Waals surface area contributed by atoms with E-state index in [2.05, 4.69) is 26.3 Å². The van der Waals surface area contributed by atoms with Gasteiger partial charge < -0.3 is 0 Å². The number of rotatable bonds is 4. The normalized spacial score (nSPS) is 9.82. The minimum atomic E-state index is 0.535. The second-order valence-electron chi connectivity index (χ2n) is 3.20. The Kier molecular flexibility index (Phi) is 4.05. The van der Waals surface area contributed by atoms with Crippen LogP contribution >= 0.6 is 11.8 Å². The lowest BCUT2D eigenvalue weighted by Crippen LogP contribution is -1.93. The summed E-state index contributed by atoms with van der Waals surface area (Å²) in [7, 11) is 0. The molecule has 1 aromatic carbocycles. The average molecular weight is 242 g/mol. The summed E-state index contributed by atoms with van der Waals surface area (Å²) in [5.41, 5.74) is 0.909. The Bertz CT molecular complexity index is 504. The van der Waals surface area contributed by atoms with Crippen LogP contribution in [0.3, 0.4) is 0 Å². The maximum Gasteiger partial charge on any atom is 0.203 e. The fourth-order valence-electron chi connectivity index (χ4n) is 1.25. The van der Waals surface area contributed by atoms with Crippen LogP contribution in [-0.2, 0) is 0 Å². The summed E-state index contributed by atoms with van der Waals surface area (Å²) in [5, 5.41) is 15.2. The zero-order chi connectivity index (χ0) is 11.9. The van der Waals surface area contributed by atoms with Crippen molar-refractivity contribution in [2.24, 2.45) is 0 Å². The predicted octanol–water partition coefficient (Wildman–Crippen LogP) is 2.05. The number of aromatic nitrogens is 4. The standard InChI is InChI=1S/C12H10N4S/c1-2-3-8-17-11-6-4-10(5-7-11)12-15-13-9-14-16-12/h1,4-7,9H,3,8H2. The van der Waals surface area contributed by atoms with E-state index in [9.17, 15) is 0 Å². The number of nitrogens with zero attached hydrogens (tertiary/aromatic N) is 4. The van der Waals surface area contributed by atoms with Gasteiger partial charge in [0.1, 0.15) is 0 Å². The number of hydrogen-bond donors (Lipinski definition) is 0. The van der Waals surface area contributed by atoms with E-state index < -0.39 is 0 Å². The molecule has 2 aromatic rings. The molecule has 0 saturated carbocycles. The molecule has 0 bridgehead atoms. The fraction of sp³-hybridized carbons (Fsp3) is 0.167. The largest absolute Gasteiger partial charge is 0.203 e. The van der Waals surface area contributed by atoms with Crippen molar-refractivity contribution in [1.29, 1.82) is 0 Å². The van der Waals surface area contributed by atoms with Crippen molar-refractivity contribution in [3.63, 3.8) is 0 Å². The van der Waals surface area contributed by atoms with Gasteiger partial charge in [-0.15, -0.1) is 44.5 Å². The van der Waals surface area contributed by atoms with E-state index in [1.165, 1.54) is 11.2 Å². The molecular weight excluding hydrogens is 232 g/mol. The van der Waals surface area contributed by atoms with E-state index in [4.69, 9.17) is 6.42 Å². The summed E-state index contributed by atoms with van der Waals surface area (Å²) >= 11 is 1.73. The molecule has 0 fully saturated rings. The van der Waals surface area contributed by atoms with Crippen molar-refractivity contribution in [1.82, 2.24) is 20.4 Å². The first-order chi connectivity index (χ1) is 8.40. The van der Waals surface area contributed by atoms with Crippen molar-refractivity contribution in [3.05, 3.63) is 30.6 Å². The zero-order valence-corrected chi connectivity index (χ0v) is 9.89. The molecule has 0 N–H and O–H groups in total. The third-order valence-corrected chi connectivity index (χ3v) is 3.05. The molecule has 0 aliphatic carbocycles. The van der Waals surface area contributed by atoms with Crippen molar-refractivity contribution in [3.8, 4) is 23.7 Å². The summed E-state index contributed by atoms with van der Waals surface area (Å²) in [4.78, 5) is 1.18. The van der Waals surface area contributed by atoms with Crippen molar-refractivity contribution in [2.75, 3.05) is 5.75 Å². The number of hydrogen-bond acceptors (Lipinski definition) is 5. The van der Waals surface area contributed by atoms with Gasteiger partial charge in [0, 0.05) is 22.6 Å². The highest BCUT2D eigenvalue weighted by Gasteiger charge is 2.01. The van der Waals surface area contributed by atoms with E-state index in [1.807, 2.05) is 24.3 Å². The predicted molar refractivity (Wildman–Crippen MR) is 67.2 cm³/mol. The molecule has 0 atom stereocenters. The fourth-order valence-corrected chi connectivity index (χ4v) is 2.03. The maximum atomic E-state index is 5.20. The summed E-state index contributed by atoms with van der Waals surface area (Å²) in [6, 6.07) is 7.95. The molecule has 0 aliphatic rings. The Balaban J connectivity index is 2.06. The van der Waals surface area contributed by atoms with Crippen molar-refractivity contribution in [2.45, 2.75) is 11.3 Å². The van der Waals surface area contributed by atoms with E-state index in [-0.39, 0.29) is 0 Å². The first-order valence-corrected chi connectivity index (χ1v) is 6.06. The lowest BCUT2D eigenvalue weighted by Gasteiger charge is -2.01. The first kappa shape index (κ1) is 11.6. The van der Waals surface area contributed by atoms with Crippen molar-refractivity contribution < 1.29 is 0 Å². The highest BCUT2D eigenvalue weighted by Crippen LogP contribution is 2.21.